The number of rotatable bonds is 12. The molecule has 73 heavy (non-hydrogen) atoms. The number of methoxy groups -OCH3 is 2. The van der Waals surface area contributed by atoms with Crippen molar-refractivity contribution in [2.45, 2.75) is 23.6 Å². The van der Waals surface area contributed by atoms with Gasteiger partial charge in [0.05, 0.1) is 35.5 Å². The summed E-state index contributed by atoms with van der Waals surface area (Å²) in [4.78, 5) is 24.7. The minimum absolute atomic E-state index is 0. The van der Waals surface area contributed by atoms with Crippen LogP contribution in [0.25, 0.3) is 21.5 Å². The Kier molecular flexibility index (Phi) is 18.1. The molecule has 4 N–H and O–H groups in total. The van der Waals surface area contributed by atoms with E-state index in [2.05, 4.69) is 31.1 Å². The molecule has 18 nitrogen and oxygen atoms in total. The number of ether oxygens (including phenoxy) is 2. The predicted octanol–water partition coefficient (Wildman–Crippen LogP) is 11.5. The Morgan fingerprint density at radius 3 is 1.47 bits per heavy atom. The predicted molar refractivity (Wildman–Crippen MR) is 275 cm³/mol. The van der Waals surface area contributed by atoms with Gasteiger partial charge in [-0.15, -0.1) is 15.3 Å². The zero-order valence-electron chi connectivity index (χ0n) is 38.7. The summed E-state index contributed by atoms with van der Waals surface area (Å²) >= 11 is 12.0. The van der Waals surface area contributed by atoms with Crippen LogP contribution in [0.2, 0.25) is 10.0 Å². The fourth-order valence-electron chi connectivity index (χ4n) is 7.20. The molecule has 0 aliphatic rings. The molecule has 2 amide bonds. The smallest absolute Gasteiger partial charge is 0.870 e. The van der Waals surface area contributed by atoms with E-state index in [1.165, 1.54) is 50.6 Å². The van der Waals surface area contributed by atoms with Gasteiger partial charge in [-0.2, -0.15) is 13.5 Å². The Hall–Kier alpha value is -6.41. The van der Waals surface area contributed by atoms with Crippen molar-refractivity contribution in [2.24, 2.45) is 20.5 Å². The van der Waals surface area contributed by atoms with Gasteiger partial charge < -0.3 is 34.9 Å². The van der Waals surface area contributed by atoms with E-state index in [4.69, 9.17) is 32.7 Å². The van der Waals surface area contributed by atoms with Gasteiger partial charge in [-0.05, 0) is 121 Å². The Labute approximate surface area is 468 Å². The Morgan fingerprint density at radius 2 is 1.00 bits per heavy atom. The topological polar surface area (TPSA) is 281 Å². The summed E-state index contributed by atoms with van der Waals surface area (Å²) in [6, 6.07) is 35.1. The third kappa shape index (κ3) is 13.2. The van der Waals surface area contributed by atoms with Crippen molar-refractivity contribution in [3.05, 3.63) is 166 Å². The van der Waals surface area contributed by atoms with Gasteiger partial charge in [0.1, 0.15) is 48.5 Å². The molecule has 0 atom stereocenters. The van der Waals surface area contributed by atoms with Crippen LogP contribution in [0.5, 0.6) is 23.0 Å². The molecule has 8 aromatic carbocycles. The number of halogens is 2. The van der Waals surface area contributed by atoms with Crippen molar-refractivity contribution >= 4 is 160 Å². The molecule has 0 aliphatic heterocycles. The van der Waals surface area contributed by atoms with Crippen molar-refractivity contribution in [3.63, 3.8) is 0 Å². The van der Waals surface area contributed by atoms with E-state index in [0.29, 0.717) is 55.5 Å². The van der Waals surface area contributed by atoms with Gasteiger partial charge in [-0.3, -0.25) is 14.1 Å². The first-order valence-electron chi connectivity index (χ1n) is 20.9. The summed E-state index contributed by atoms with van der Waals surface area (Å²) in [6.07, 6.45) is 0. The molecule has 0 aliphatic carbocycles. The number of amides is 2. The Balaban J connectivity index is 0.000000235. The first-order valence-corrected chi connectivity index (χ1v) is 24.5. The fourth-order valence-corrected chi connectivity index (χ4v) is 9.63. The SMILES string of the molecule is COc1ccc(NC(=O)c2cc3ccccc3c(N=Nc3cc(C)cc(Cl)c3S(=O)(=O)O)c2O)cc1.COc1ccc(NC(=O)c2cc3ccccc3c(N=Nc3cc(C)cc(Cl)c3S(=O)(=O)[O-])c2[O-])cc1.[Ba+2]. The molecule has 0 saturated heterocycles. The van der Waals surface area contributed by atoms with Gasteiger partial charge >= 0.3 is 48.9 Å². The molecule has 0 saturated carbocycles. The second kappa shape index (κ2) is 23.6. The number of benzene rings is 8. The number of fused-ring (bicyclic) bond motifs is 2. The molecule has 0 fully saturated rings. The number of nitrogens with one attached hydrogen (secondary N) is 2. The zero-order chi connectivity index (χ0) is 52.1. The van der Waals surface area contributed by atoms with Crippen LogP contribution < -0.4 is 25.2 Å². The van der Waals surface area contributed by atoms with Crippen LogP contribution in [0.3, 0.4) is 0 Å². The third-order valence-corrected chi connectivity index (χ3v) is 13.2. The summed E-state index contributed by atoms with van der Waals surface area (Å²) in [5, 5.41) is 47.0. The van der Waals surface area contributed by atoms with Gasteiger partial charge in [-0.1, -0.05) is 77.5 Å². The van der Waals surface area contributed by atoms with E-state index in [1.54, 1.807) is 111 Å². The molecule has 0 radical (unpaired) electrons. The Bertz CT molecular complexity index is 3490. The quantitative estimate of drug-likeness (QED) is 0.0505. The van der Waals surface area contributed by atoms with Crippen LogP contribution in [0.15, 0.2) is 164 Å². The molecule has 0 spiro atoms. The number of aryl methyl sites for hydroxylation is 2. The molecule has 8 rings (SSSR count). The number of hydrogen-bond donors (Lipinski definition) is 4. The second-order valence-corrected chi connectivity index (χ2v) is 19.0. The second-order valence-electron chi connectivity index (χ2n) is 15.5. The van der Waals surface area contributed by atoms with E-state index in [0.717, 1.165) is 0 Å². The minimum Gasteiger partial charge on any atom is -0.870 e. The van der Waals surface area contributed by atoms with E-state index >= 15 is 0 Å². The molecule has 0 unspecified atom stereocenters. The number of anilines is 2. The van der Waals surface area contributed by atoms with E-state index < -0.39 is 53.3 Å². The number of hydrogen-bond acceptors (Lipinski definition) is 15. The number of carbonyl (C=O) groups is 2. The van der Waals surface area contributed by atoms with Crippen LogP contribution >= 0.6 is 23.2 Å². The number of nitrogens with zero attached hydrogens (tertiary/aromatic N) is 4. The summed E-state index contributed by atoms with van der Waals surface area (Å²) < 4.78 is 78.9. The maximum Gasteiger partial charge on any atom is 2.00 e. The van der Waals surface area contributed by atoms with Gasteiger partial charge in [-0.25, -0.2) is 8.42 Å². The number of azo groups is 2. The van der Waals surface area contributed by atoms with Crippen molar-refractivity contribution in [1.82, 2.24) is 0 Å². The average Bonchev–Trinajstić information content (AvgIpc) is 3.32. The molecule has 23 heteroatoms. The molecule has 0 bridgehead atoms. The van der Waals surface area contributed by atoms with E-state index in [-0.39, 0.29) is 92.8 Å². The number of aromatic hydroxyl groups is 1. The first-order chi connectivity index (χ1) is 34.2. The third-order valence-electron chi connectivity index (χ3n) is 10.5. The van der Waals surface area contributed by atoms with Gasteiger partial charge in [0.2, 0.25) is 0 Å². The number of carbonyl (C=O) groups excluding carboxylic acids is 2. The van der Waals surface area contributed by atoms with Crippen molar-refractivity contribution in [1.29, 1.82) is 0 Å². The maximum atomic E-state index is 13.3. The summed E-state index contributed by atoms with van der Waals surface area (Å²) in [6.45, 7) is 3.29. The number of phenols is 1. The number of phenolic OH excluding ortho intramolecular Hbond substituents is 1. The minimum atomic E-state index is -4.99. The molecular formula is C50H38BaCl2N6O12S2. The van der Waals surface area contributed by atoms with E-state index in [1.807, 2.05) is 0 Å². The summed E-state index contributed by atoms with van der Waals surface area (Å²) in [5.74, 6) is -1.25. The van der Waals surface area contributed by atoms with Crippen LogP contribution in [-0.4, -0.2) is 106 Å². The molecule has 0 heterocycles. The van der Waals surface area contributed by atoms with Crippen LogP contribution in [0.4, 0.5) is 34.1 Å². The summed E-state index contributed by atoms with van der Waals surface area (Å²) in [5.41, 5.74) is 0.953. The molecule has 8 aromatic rings. The first kappa shape index (κ1) is 55.9. The van der Waals surface area contributed by atoms with Crippen molar-refractivity contribution < 1.29 is 55.2 Å². The summed E-state index contributed by atoms with van der Waals surface area (Å²) in [7, 11) is -6.66. The standard InChI is InChI=1S/2C25H20ClN3O6S.Ba/c2*1-14-11-20(26)24(36(32,33)34)21(12-14)28-29-22-18-6-4-3-5-15(18)13-19(23(22)30)25(31)27-16-7-9-17(35-2)10-8-16;/h2*3-13,30H,1-2H3,(H,27,31)(H,32,33,34);/q;;+2/p-2. The van der Waals surface area contributed by atoms with Crippen molar-refractivity contribution in [3.8, 4) is 23.0 Å². The van der Waals surface area contributed by atoms with Gasteiger partial charge in [0, 0.05) is 27.7 Å². The zero-order valence-corrected chi connectivity index (χ0v) is 46.3. The Morgan fingerprint density at radius 1 is 0.589 bits per heavy atom. The molecule has 368 valence electrons. The normalized spacial score (nSPS) is 11.5. The fraction of sp³-hybridized carbons (Fsp3) is 0.0800. The maximum absolute atomic E-state index is 13.3. The molecule has 0 aromatic heterocycles. The van der Waals surface area contributed by atoms with Gasteiger partial charge in [0.25, 0.3) is 21.9 Å². The van der Waals surface area contributed by atoms with Crippen LogP contribution in [-0.2, 0) is 20.2 Å². The average molecular weight is 1190 g/mol. The molecular weight excluding hydrogens is 1150 g/mol. The van der Waals surface area contributed by atoms with E-state index in [9.17, 15) is 45.7 Å². The van der Waals surface area contributed by atoms with Crippen molar-refractivity contribution in [2.75, 3.05) is 24.9 Å². The van der Waals surface area contributed by atoms with Gasteiger partial charge in [0.15, 0.2) is 5.75 Å². The van der Waals surface area contributed by atoms with Crippen LogP contribution in [0, 0.1) is 13.8 Å². The largest absolute Gasteiger partial charge is 2.00 e. The monoisotopic (exact) mass is 1190 g/mol. The van der Waals surface area contributed by atoms with Crippen LogP contribution in [0.1, 0.15) is 31.8 Å².